The molecule has 1 aliphatic heterocycles. The van der Waals surface area contributed by atoms with E-state index in [1.165, 1.54) is 30.3 Å². The van der Waals surface area contributed by atoms with E-state index in [9.17, 15) is 19.3 Å². The van der Waals surface area contributed by atoms with Crippen LogP contribution in [0.1, 0.15) is 10.4 Å². The van der Waals surface area contributed by atoms with Gasteiger partial charge in [0.1, 0.15) is 11.6 Å². The maximum absolute atomic E-state index is 13.1. The van der Waals surface area contributed by atoms with Gasteiger partial charge in [-0.2, -0.15) is 0 Å². The summed E-state index contributed by atoms with van der Waals surface area (Å²) in [7, 11) is 0. The molecule has 32 heavy (non-hydrogen) atoms. The number of amides is 1. The highest BCUT2D eigenvalue weighted by Gasteiger charge is 2.23. The van der Waals surface area contributed by atoms with E-state index in [1.807, 2.05) is 0 Å². The second-order valence-corrected chi connectivity index (χ2v) is 7.69. The lowest BCUT2D eigenvalue weighted by Crippen LogP contribution is -2.48. The summed E-state index contributed by atoms with van der Waals surface area (Å²) in [5.74, 6) is 0.0527. The lowest BCUT2D eigenvalue weighted by atomic mass is 10.1. The largest absolute Gasteiger partial charge is 0.450 e. The molecule has 1 aliphatic rings. The van der Waals surface area contributed by atoms with Crippen LogP contribution in [0.25, 0.3) is 0 Å². The fourth-order valence-corrected chi connectivity index (χ4v) is 3.68. The van der Waals surface area contributed by atoms with E-state index in [-0.39, 0.29) is 28.2 Å². The first-order chi connectivity index (χ1) is 15.4. The summed E-state index contributed by atoms with van der Waals surface area (Å²) in [4.78, 5) is 27.4. The van der Waals surface area contributed by atoms with Gasteiger partial charge in [0.25, 0.3) is 5.91 Å². The van der Waals surface area contributed by atoms with Crippen molar-refractivity contribution in [2.24, 2.45) is 0 Å². The van der Waals surface area contributed by atoms with Crippen LogP contribution in [0.2, 0.25) is 5.02 Å². The van der Waals surface area contributed by atoms with Gasteiger partial charge in [0, 0.05) is 48.5 Å². The third-order valence-corrected chi connectivity index (χ3v) is 5.44. The Morgan fingerprint density at radius 3 is 2.25 bits per heavy atom. The summed E-state index contributed by atoms with van der Waals surface area (Å²) in [5.41, 5.74) is 1.19. The summed E-state index contributed by atoms with van der Waals surface area (Å²) in [6.45, 7) is 2.40. The quantitative estimate of drug-likeness (QED) is 0.393. The zero-order valence-corrected chi connectivity index (χ0v) is 17.7. The molecule has 0 N–H and O–H groups in total. The van der Waals surface area contributed by atoms with Crippen LogP contribution in [0, 0.1) is 15.9 Å². The maximum Gasteiger partial charge on any atom is 0.313 e. The molecule has 164 valence electrons. The zero-order chi connectivity index (χ0) is 22.7. The molecule has 0 saturated carbocycles. The molecule has 0 bridgehead atoms. The van der Waals surface area contributed by atoms with E-state index in [2.05, 4.69) is 4.90 Å². The minimum atomic E-state index is -0.565. The second kappa shape index (κ2) is 9.23. The number of anilines is 1. The van der Waals surface area contributed by atoms with E-state index >= 15 is 0 Å². The highest BCUT2D eigenvalue weighted by atomic mass is 35.5. The van der Waals surface area contributed by atoms with Crippen molar-refractivity contribution in [3.8, 4) is 11.5 Å². The Morgan fingerprint density at radius 2 is 1.62 bits per heavy atom. The van der Waals surface area contributed by atoms with Crippen molar-refractivity contribution in [3.63, 3.8) is 0 Å². The minimum absolute atomic E-state index is 0.0652. The van der Waals surface area contributed by atoms with Gasteiger partial charge in [0.2, 0.25) is 5.75 Å². The van der Waals surface area contributed by atoms with Gasteiger partial charge in [-0.3, -0.25) is 14.9 Å². The molecule has 4 rings (SSSR count). The molecule has 9 heteroatoms. The third kappa shape index (κ3) is 4.81. The topological polar surface area (TPSA) is 75.9 Å². The standard InChI is InChI=1S/C23H19ClFN3O4/c24-17-3-10-22(21(15-17)28(30)31)32-20-8-1-16(2-9-20)23(29)27-13-11-26(12-14-27)19-6-4-18(25)5-7-19/h1-10,15H,11-14H2. The van der Waals surface area contributed by atoms with Crippen LogP contribution in [-0.4, -0.2) is 41.9 Å². The van der Waals surface area contributed by atoms with Crippen molar-refractivity contribution in [1.29, 1.82) is 0 Å². The lowest BCUT2D eigenvalue weighted by Gasteiger charge is -2.36. The summed E-state index contributed by atoms with van der Waals surface area (Å²) in [6.07, 6.45) is 0. The smallest absolute Gasteiger partial charge is 0.313 e. The van der Waals surface area contributed by atoms with Crippen LogP contribution < -0.4 is 9.64 Å². The number of ether oxygens (including phenoxy) is 1. The van der Waals surface area contributed by atoms with Gasteiger partial charge in [-0.25, -0.2) is 4.39 Å². The Hall–Kier alpha value is -3.65. The van der Waals surface area contributed by atoms with Crippen LogP contribution >= 0.6 is 11.6 Å². The number of hydrogen-bond acceptors (Lipinski definition) is 5. The Bertz CT molecular complexity index is 1130. The van der Waals surface area contributed by atoms with Gasteiger partial charge in [0.15, 0.2) is 0 Å². The lowest BCUT2D eigenvalue weighted by molar-refractivity contribution is -0.385. The molecule has 0 atom stereocenters. The molecule has 3 aromatic carbocycles. The predicted octanol–water partition coefficient (Wildman–Crippen LogP) is 5.14. The molecule has 1 amide bonds. The van der Waals surface area contributed by atoms with Crippen LogP contribution in [-0.2, 0) is 0 Å². The van der Waals surface area contributed by atoms with Gasteiger partial charge >= 0.3 is 5.69 Å². The molecule has 0 aromatic heterocycles. The van der Waals surface area contributed by atoms with Crippen molar-refractivity contribution in [3.05, 3.63) is 93.2 Å². The van der Waals surface area contributed by atoms with E-state index < -0.39 is 4.92 Å². The Labute approximate surface area is 188 Å². The molecule has 1 heterocycles. The molecule has 0 spiro atoms. The third-order valence-electron chi connectivity index (χ3n) is 5.21. The molecule has 1 fully saturated rings. The molecule has 7 nitrogen and oxygen atoms in total. The van der Waals surface area contributed by atoms with Crippen LogP contribution in [0.4, 0.5) is 15.8 Å². The van der Waals surface area contributed by atoms with Gasteiger partial charge in [-0.1, -0.05) is 11.6 Å². The van der Waals surface area contributed by atoms with E-state index in [0.29, 0.717) is 37.5 Å². The predicted molar refractivity (Wildman–Crippen MR) is 119 cm³/mol. The number of halogens is 2. The number of hydrogen-bond donors (Lipinski definition) is 0. The number of nitrogens with zero attached hydrogens (tertiary/aromatic N) is 3. The van der Waals surface area contributed by atoms with Crippen molar-refractivity contribution in [1.82, 2.24) is 4.90 Å². The Morgan fingerprint density at radius 1 is 0.969 bits per heavy atom. The second-order valence-electron chi connectivity index (χ2n) is 7.25. The average molecular weight is 456 g/mol. The summed E-state index contributed by atoms with van der Waals surface area (Å²) < 4.78 is 18.7. The first-order valence-corrected chi connectivity index (χ1v) is 10.3. The van der Waals surface area contributed by atoms with E-state index in [4.69, 9.17) is 16.3 Å². The number of carbonyl (C=O) groups is 1. The first kappa shape index (κ1) is 21.6. The Balaban J connectivity index is 1.39. The minimum Gasteiger partial charge on any atom is -0.450 e. The molecular formula is C23H19ClFN3O4. The van der Waals surface area contributed by atoms with Crippen molar-refractivity contribution in [2.45, 2.75) is 0 Å². The number of benzene rings is 3. The monoisotopic (exact) mass is 455 g/mol. The van der Waals surface area contributed by atoms with Crippen molar-refractivity contribution < 1.29 is 18.8 Å². The van der Waals surface area contributed by atoms with Gasteiger partial charge in [-0.15, -0.1) is 0 Å². The summed E-state index contributed by atoms with van der Waals surface area (Å²) in [5, 5.41) is 11.4. The van der Waals surface area contributed by atoms with Crippen molar-refractivity contribution in [2.75, 3.05) is 31.1 Å². The van der Waals surface area contributed by atoms with Gasteiger partial charge < -0.3 is 14.5 Å². The fraction of sp³-hybridized carbons (Fsp3) is 0.174. The first-order valence-electron chi connectivity index (χ1n) is 9.92. The zero-order valence-electron chi connectivity index (χ0n) is 16.9. The van der Waals surface area contributed by atoms with Gasteiger partial charge in [0.05, 0.1) is 4.92 Å². The number of piperazine rings is 1. The van der Waals surface area contributed by atoms with Crippen LogP contribution in [0.3, 0.4) is 0 Å². The van der Waals surface area contributed by atoms with Crippen LogP contribution in [0.15, 0.2) is 66.7 Å². The van der Waals surface area contributed by atoms with E-state index in [0.717, 1.165) is 5.69 Å². The number of nitro groups is 1. The van der Waals surface area contributed by atoms with Crippen molar-refractivity contribution >= 4 is 28.9 Å². The number of rotatable bonds is 5. The molecule has 0 aliphatic carbocycles. The summed E-state index contributed by atoms with van der Waals surface area (Å²) >= 11 is 5.82. The molecule has 3 aromatic rings. The van der Waals surface area contributed by atoms with E-state index in [1.54, 1.807) is 41.3 Å². The highest BCUT2D eigenvalue weighted by molar-refractivity contribution is 6.30. The molecule has 0 unspecified atom stereocenters. The molecule has 1 saturated heterocycles. The number of carbonyl (C=O) groups excluding carboxylic acids is 1. The van der Waals surface area contributed by atoms with Gasteiger partial charge in [-0.05, 0) is 60.7 Å². The maximum atomic E-state index is 13.1. The summed E-state index contributed by atoms with van der Waals surface area (Å²) in [6, 6.07) is 16.9. The molecule has 0 radical (unpaired) electrons. The highest BCUT2D eigenvalue weighted by Crippen LogP contribution is 2.33. The molecular weight excluding hydrogens is 437 g/mol. The average Bonchev–Trinajstić information content (AvgIpc) is 2.81. The number of nitro benzene ring substituents is 1. The fourth-order valence-electron chi connectivity index (χ4n) is 3.51. The SMILES string of the molecule is O=C(c1ccc(Oc2ccc(Cl)cc2[N+](=O)[O-])cc1)N1CCN(c2ccc(F)cc2)CC1. The Kier molecular flexibility index (Phi) is 6.23. The van der Waals surface area contributed by atoms with Crippen LogP contribution in [0.5, 0.6) is 11.5 Å². The normalized spacial score (nSPS) is 13.7.